The molecule has 112 valence electrons. The van der Waals surface area contributed by atoms with Gasteiger partial charge in [-0.1, -0.05) is 24.6 Å². The minimum atomic E-state index is 0.659. The first-order valence-corrected chi connectivity index (χ1v) is 7.89. The van der Waals surface area contributed by atoms with Gasteiger partial charge in [0.2, 0.25) is 5.95 Å². The van der Waals surface area contributed by atoms with Crippen molar-refractivity contribution in [3.63, 3.8) is 0 Å². The number of hydrogen-bond donors (Lipinski definition) is 1. The minimum absolute atomic E-state index is 0.659. The molecule has 2 aromatic rings. The molecule has 0 aliphatic carbocycles. The number of nitrogens with zero attached hydrogens (tertiary/aromatic N) is 3. The fourth-order valence-corrected chi connectivity index (χ4v) is 2.67. The molecule has 4 nitrogen and oxygen atoms in total. The van der Waals surface area contributed by atoms with Gasteiger partial charge in [0.1, 0.15) is 0 Å². The maximum absolute atomic E-state index is 4.61. The summed E-state index contributed by atoms with van der Waals surface area (Å²) in [4.78, 5) is 11.0. The van der Waals surface area contributed by atoms with Crippen molar-refractivity contribution in [3.8, 4) is 0 Å². The molecular formula is C16H21BrN4. The Morgan fingerprint density at radius 1 is 1.29 bits per heavy atom. The summed E-state index contributed by atoms with van der Waals surface area (Å²) < 4.78 is 0.882. The van der Waals surface area contributed by atoms with Crippen LogP contribution in [0.1, 0.15) is 24.5 Å². The fraction of sp³-hybridized carbons (Fsp3) is 0.375. The van der Waals surface area contributed by atoms with Crippen LogP contribution in [0.4, 0.5) is 17.5 Å². The Balaban J connectivity index is 2.35. The van der Waals surface area contributed by atoms with E-state index in [4.69, 9.17) is 0 Å². The van der Waals surface area contributed by atoms with E-state index in [-0.39, 0.29) is 0 Å². The first-order chi connectivity index (χ1) is 10.0. The number of nitrogens with one attached hydrogen (secondary N) is 1. The van der Waals surface area contributed by atoms with Crippen LogP contribution in [0.5, 0.6) is 0 Å². The summed E-state index contributed by atoms with van der Waals surface area (Å²) in [6.45, 7) is 7.21. The largest absolute Gasteiger partial charge is 0.354 e. The van der Waals surface area contributed by atoms with Crippen LogP contribution in [0.15, 0.2) is 28.9 Å². The second-order valence-electron chi connectivity index (χ2n) is 5.14. The summed E-state index contributed by atoms with van der Waals surface area (Å²) in [5.74, 6) is 1.52. The van der Waals surface area contributed by atoms with Gasteiger partial charge < -0.3 is 10.2 Å². The summed E-state index contributed by atoms with van der Waals surface area (Å²) in [5, 5.41) is 3.22. The van der Waals surface area contributed by atoms with Gasteiger partial charge in [-0.15, -0.1) is 0 Å². The monoisotopic (exact) mass is 348 g/mol. The minimum Gasteiger partial charge on any atom is -0.354 e. The Morgan fingerprint density at radius 3 is 2.71 bits per heavy atom. The molecule has 0 unspecified atom stereocenters. The second-order valence-corrected chi connectivity index (χ2v) is 6.00. The van der Waals surface area contributed by atoms with Gasteiger partial charge in [-0.2, -0.15) is 4.98 Å². The fourth-order valence-electron chi connectivity index (χ4n) is 2.21. The molecule has 0 saturated heterocycles. The Kier molecular flexibility index (Phi) is 5.17. The lowest BCUT2D eigenvalue weighted by Crippen LogP contribution is -2.15. The van der Waals surface area contributed by atoms with Crippen LogP contribution < -0.4 is 10.2 Å². The van der Waals surface area contributed by atoms with Crippen molar-refractivity contribution in [3.05, 3.63) is 40.0 Å². The molecular weight excluding hydrogens is 328 g/mol. The highest BCUT2D eigenvalue weighted by Crippen LogP contribution is 2.31. The SMILES string of the molecule is CCCNc1ncc(Br)c(N(C)c2ccc(C)cc2C)n1. The van der Waals surface area contributed by atoms with E-state index in [9.17, 15) is 0 Å². The van der Waals surface area contributed by atoms with E-state index in [0.717, 1.165) is 28.9 Å². The van der Waals surface area contributed by atoms with Crippen LogP contribution in [0, 0.1) is 13.8 Å². The molecule has 0 aliphatic rings. The summed E-state index contributed by atoms with van der Waals surface area (Å²) in [7, 11) is 2.02. The first kappa shape index (κ1) is 15.8. The maximum atomic E-state index is 4.61. The molecule has 0 radical (unpaired) electrons. The van der Waals surface area contributed by atoms with Crippen molar-refractivity contribution in [1.29, 1.82) is 0 Å². The van der Waals surface area contributed by atoms with Crippen molar-refractivity contribution in [1.82, 2.24) is 9.97 Å². The summed E-state index contributed by atoms with van der Waals surface area (Å²) >= 11 is 3.54. The van der Waals surface area contributed by atoms with Crippen molar-refractivity contribution in [2.45, 2.75) is 27.2 Å². The van der Waals surface area contributed by atoms with Gasteiger partial charge in [0.15, 0.2) is 5.82 Å². The highest BCUT2D eigenvalue weighted by molar-refractivity contribution is 9.10. The summed E-state index contributed by atoms with van der Waals surface area (Å²) in [6.07, 6.45) is 2.84. The lowest BCUT2D eigenvalue weighted by Gasteiger charge is -2.22. The lowest BCUT2D eigenvalue weighted by atomic mass is 10.1. The van der Waals surface area contributed by atoms with Gasteiger partial charge in [-0.05, 0) is 47.8 Å². The predicted octanol–water partition coefficient (Wildman–Crippen LogP) is 4.45. The van der Waals surface area contributed by atoms with E-state index in [2.05, 4.69) is 75.1 Å². The third kappa shape index (κ3) is 3.73. The predicted molar refractivity (Wildman–Crippen MR) is 92.5 cm³/mol. The van der Waals surface area contributed by atoms with E-state index in [1.807, 2.05) is 7.05 Å². The number of anilines is 3. The van der Waals surface area contributed by atoms with E-state index in [1.54, 1.807) is 6.20 Å². The van der Waals surface area contributed by atoms with E-state index < -0.39 is 0 Å². The van der Waals surface area contributed by atoms with Gasteiger partial charge in [0, 0.05) is 25.5 Å². The molecule has 0 atom stereocenters. The van der Waals surface area contributed by atoms with Crippen LogP contribution in [0.3, 0.4) is 0 Å². The summed E-state index contributed by atoms with van der Waals surface area (Å²) in [5.41, 5.74) is 3.63. The molecule has 0 spiro atoms. The third-order valence-corrected chi connectivity index (χ3v) is 3.85. The lowest BCUT2D eigenvalue weighted by molar-refractivity contribution is 0.945. The number of aromatic nitrogens is 2. The third-order valence-electron chi connectivity index (χ3n) is 3.29. The molecule has 5 heteroatoms. The Bertz CT molecular complexity index is 628. The molecule has 1 heterocycles. The van der Waals surface area contributed by atoms with E-state index in [1.165, 1.54) is 11.1 Å². The average Bonchev–Trinajstić information content (AvgIpc) is 2.46. The van der Waals surface area contributed by atoms with Gasteiger partial charge in [-0.3, -0.25) is 0 Å². The van der Waals surface area contributed by atoms with Crippen LogP contribution in [-0.2, 0) is 0 Å². The molecule has 1 aromatic heterocycles. The normalized spacial score (nSPS) is 10.5. The van der Waals surface area contributed by atoms with E-state index >= 15 is 0 Å². The van der Waals surface area contributed by atoms with Crippen molar-refractivity contribution >= 4 is 33.4 Å². The van der Waals surface area contributed by atoms with Crippen LogP contribution in [-0.4, -0.2) is 23.6 Å². The number of halogens is 1. The van der Waals surface area contributed by atoms with Crippen LogP contribution in [0.2, 0.25) is 0 Å². The Labute approximate surface area is 134 Å². The number of hydrogen-bond acceptors (Lipinski definition) is 4. The van der Waals surface area contributed by atoms with Crippen LogP contribution in [0.25, 0.3) is 0 Å². The van der Waals surface area contributed by atoms with Crippen molar-refractivity contribution in [2.24, 2.45) is 0 Å². The summed E-state index contributed by atoms with van der Waals surface area (Å²) in [6, 6.07) is 6.42. The Hall–Kier alpha value is -1.62. The smallest absolute Gasteiger partial charge is 0.224 e. The van der Waals surface area contributed by atoms with Gasteiger partial charge in [0.25, 0.3) is 0 Å². The van der Waals surface area contributed by atoms with Crippen LogP contribution >= 0.6 is 15.9 Å². The second kappa shape index (κ2) is 6.89. The molecule has 1 N–H and O–H groups in total. The topological polar surface area (TPSA) is 41.1 Å². The molecule has 2 rings (SSSR count). The zero-order valence-electron chi connectivity index (χ0n) is 12.9. The molecule has 21 heavy (non-hydrogen) atoms. The maximum Gasteiger partial charge on any atom is 0.224 e. The zero-order chi connectivity index (χ0) is 15.4. The standard InChI is InChI=1S/C16H21BrN4/c1-5-8-18-16-19-10-13(17)15(20-16)21(4)14-7-6-11(2)9-12(14)3/h6-7,9-10H,5,8H2,1-4H3,(H,18,19,20). The molecule has 0 amide bonds. The molecule has 0 aliphatic heterocycles. The molecule has 0 saturated carbocycles. The highest BCUT2D eigenvalue weighted by atomic mass is 79.9. The van der Waals surface area contributed by atoms with Gasteiger partial charge >= 0.3 is 0 Å². The quantitative estimate of drug-likeness (QED) is 0.866. The number of aryl methyl sites for hydroxylation is 2. The van der Waals surface area contributed by atoms with Gasteiger partial charge in [-0.25, -0.2) is 4.98 Å². The number of benzene rings is 1. The Morgan fingerprint density at radius 2 is 2.05 bits per heavy atom. The number of rotatable bonds is 5. The van der Waals surface area contributed by atoms with E-state index in [0.29, 0.717) is 5.95 Å². The van der Waals surface area contributed by atoms with Crippen molar-refractivity contribution in [2.75, 3.05) is 23.8 Å². The zero-order valence-corrected chi connectivity index (χ0v) is 14.5. The van der Waals surface area contributed by atoms with Crippen molar-refractivity contribution < 1.29 is 0 Å². The highest BCUT2D eigenvalue weighted by Gasteiger charge is 2.13. The molecule has 0 bridgehead atoms. The van der Waals surface area contributed by atoms with Gasteiger partial charge in [0.05, 0.1) is 4.47 Å². The molecule has 1 aromatic carbocycles. The molecule has 0 fully saturated rings. The first-order valence-electron chi connectivity index (χ1n) is 7.10. The average molecular weight is 349 g/mol.